The minimum Gasteiger partial charge on any atom is -0.462 e. The predicted octanol–water partition coefficient (Wildman–Crippen LogP) is 17.1. The number of hydrogen-bond donors (Lipinski definition) is 0. The van der Waals surface area contributed by atoms with Gasteiger partial charge < -0.3 is 14.2 Å². The molecule has 0 saturated heterocycles. The zero-order valence-electron chi connectivity index (χ0n) is 41.4. The minimum atomic E-state index is -0.846. The van der Waals surface area contributed by atoms with Crippen molar-refractivity contribution in [2.24, 2.45) is 0 Å². The molecular formula is C59H92O6. The highest BCUT2D eigenvalue weighted by Crippen LogP contribution is 2.12. The molecule has 0 fully saturated rings. The highest BCUT2D eigenvalue weighted by atomic mass is 16.6. The molecule has 0 bridgehead atoms. The van der Waals surface area contributed by atoms with Crippen LogP contribution in [0.5, 0.6) is 0 Å². The third-order valence-electron chi connectivity index (χ3n) is 10.1. The Bertz CT molecular complexity index is 1450. The molecule has 0 spiro atoms. The van der Waals surface area contributed by atoms with Gasteiger partial charge in [0, 0.05) is 19.3 Å². The number of rotatable bonds is 44. The first kappa shape index (κ1) is 60.6. The van der Waals surface area contributed by atoms with Gasteiger partial charge in [-0.3, -0.25) is 14.4 Å². The molecule has 0 heterocycles. The normalized spacial score (nSPS) is 13.2. The van der Waals surface area contributed by atoms with E-state index in [9.17, 15) is 14.4 Å². The van der Waals surface area contributed by atoms with Crippen LogP contribution in [0.1, 0.15) is 201 Å². The number of esters is 3. The SMILES string of the molecule is CC/C=C\C/C=C\C/C=C\C/C=C\C/C=C\C/C=C\CCC(=O)OCC(COC(=O)CC/C=C\C/C=C\C/C=C\C/C=C\CC)OC(=O)CCCCCCC/C=C\CCCCCCCC. The fourth-order valence-corrected chi connectivity index (χ4v) is 6.36. The van der Waals surface area contributed by atoms with E-state index in [1.807, 2.05) is 24.3 Å². The predicted molar refractivity (Wildman–Crippen MR) is 279 cm³/mol. The number of allylic oxidation sites excluding steroid dienone is 22. The Morgan fingerprint density at radius 2 is 0.631 bits per heavy atom. The Kier molecular flexibility index (Phi) is 48.6. The van der Waals surface area contributed by atoms with Crippen molar-refractivity contribution in [3.8, 4) is 0 Å². The van der Waals surface area contributed by atoms with Crippen LogP contribution in [0.25, 0.3) is 0 Å². The summed E-state index contributed by atoms with van der Waals surface area (Å²) < 4.78 is 16.6. The second kappa shape index (κ2) is 52.2. The molecule has 6 heteroatoms. The van der Waals surface area contributed by atoms with Crippen molar-refractivity contribution < 1.29 is 28.6 Å². The summed E-state index contributed by atoms with van der Waals surface area (Å²) >= 11 is 0. The monoisotopic (exact) mass is 897 g/mol. The number of unbranched alkanes of at least 4 members (excludes halogenated alkanes) is 11. The van der Waals surface area contributed by atoms with E-state index in [4.69, 9.17) is 14.2 Å². The maximum absolute atomic E-state index is 12.8. The van der Waals surface area contributed by atoms with Crippen LogP contribution in [-0.2, 0) is 28.6 Å². The molecule has 0 N–H and O–H groups in total. The van der Waals surface area contributed by atoms with Crippen LogP contribution in [0.3, 0.4) is 0 Å². The van der Waals surface area contributed by atoms with E-state index in [-0.39, 0.29) is 50.4 Å². The molecule has 1 atom stereocenters. The average Bonchev–Trinajstić information content (AvgIpc) is 3.30. The summed E-state index contributed by atoms with van der Waals surface area (Å²) in [5.41, 5.74) is 0. The summed E-state index contributed by atoms with van der Waals surface area (Å²) in [6.45, 7) is 6.24. The molecule has 65 heavy (non-hydrogen) atoms. The van der Waals surface area contributed by atoms with Gasteiger partial charge in [0.15, 0.2) is 6.10 Å². The molecule has 0 aromatic heterocycles. The molecule has 364 valence electrons. The fourth-order valence-electron chi connectivity index (χ4n) is 6.36. The second-order valence-electron chi connectivity index (χ2n) is 16.3. The number of ether oxygens (including phenoxy) is 3. The van der Waals surface area contributed by atoms with Crippen molar-refractivity contribution in [2.75, 3.05) is 13.2 Å². The molecule has 0 aromatic carbocycles. The van der Waals surface area contributed by atoms with Gasteiger partial charge >= 0.3 is 17.9 Å². The summed E-state index contributed by atoms with van der Waals surface area (Å²) in [6.07, 6.45) is 73.2. The second-order valence-corrected chi connectivity index (χ2v) is 16.3. The zero-order chi connectivity index (χ0) is 47.2. The fraction of sp³-hybridized carbons (Fsp3) is 0.576. The van der Waals surface area contributed by atoms with Gasteiger partial charge in [-0.15, -0.1) is 0 Å². The Morgan fingerprint density at radius 3 is 1.00 bits per heavy atom. The van der Waals surface area contributed by atoms with Gasteiger partial charge in [-0.1, -0.05) is 206 Å². The summed E-state index contributed by atoms with van der Waals surface area (Å²) in [6, 6.07) is 0. The molecule has 0 aliphatic carbocycles. The van der Waals surface area contributed by atoms with Crippen LogP contribution < -0.4 is 0 Å². The van der Waals surface area contributed by atoms with E-state index in [1.54, 1.807) is 0 Å². The molecule has 0 saturated carbocycles. The van der Waals surface area contributed by atoms with Gasteiger partial charge in [0.25, 0.3) is 0 Å². The lowest BCUT2D eigenvalue weighted by atomic mass is 10.1. The van der Waals surface area contributed by atoms with Crippen molar-refractivity contribution in [3.05, 3.63) is 134 Å². The first-order valence-corrected chi connectivity index (χ1v) is 25.7. The highest BCUT2D eigenvalue weighted by Gasteiger charge is 2.19. The molecule has 0 aromatic rings. The lowest BCUT2D eigenvalue weighted by Crippen LogP contribution is -2.30. The standard InChI is InChI=1S/C59H92O6/c1-4-7-10-13-16-19-22-25-27-28-29-30-32-34-37-40-43-46-49-52-58(61)64-55-56(54-63-57(60)51-48-45-42-39-36-33-24-21-18-15-12-9-6-3)65-59(62)53-50-47-44-41-38-35-31-26-23-20-17-14-11-8-5-2/h7,9-10,12,16,18-19,21,25-27,29-31,33-34,36-37,42-43,45-46,56H,4-6,8,11,13-15,17,20,22-24,28,32,35,38-41,44,47-55H2,1-3H3/b10-7-,12-9-,19-16-,21-18-,27-25-,30-29-,31-26-,36-33-,37-34-,45-42-,46-43-. The van der Waals surface area contributed by atoms with Gasteiger partial charge in [-0.05, 0) is 109 Å². The third-order valence-corrected chi connectivity index (χ3v) is 10.1. The number of carbonyl (C=O) groups excluding carboxylic acids is 3. The summed E-state index contributed by atoms with van der Waals surface area (Å²) in [5, 5.41) is 0. The maximum Gasteiger partial charge on any atom is 0.306 e. The van der Waals surface area contributed by atoms with E-state index < -0.39 is 6.10 Å². The highest BCUT2D eigenvalue weighted by molar-refractivity contribution is 5.71. The minimum absolute atomic E-state index is 0.147. The van der Waals surface area contributed by atoms with Gasteiger partial charge in [0.1, 0.15) is 13.2 Å². The van der Waals surface area contributed by atoms with Crippen LogP contribution in [0.2, 0.25) is 0 Å². The molecule has 0 radical (unpaired) electrons. The van der Waals surface area contributed by atoms with Crippen molar-refractivity contribution in [1.29, 1.82) is 0 Å². The topological polar surface area (TPSA) is 78.9 Å². The van der Waals surface area contributed by atoms with Gasteiger partial charge in [-0.25, -0.2) is 0 Å². The Hall–Kier alpha value is -4.45. The van der Waals surface area contributed by atoms with Crippen molar-refractivity contribution >= 4 is 17.9 Å². The van der Waals surface area contributed by atoms with Crippen molar-refractivity contribution in [3.63, 3.8) is 0 Å². The Balaban J connectivity index is 4.61. The molecule has 0 rings (SSSR count). The van der Waals surface area contributed by atoms with Crippen LogP contribution in [-0.4, -0.2) is 37.2 Å². The summed E-state index contributed by atoms with van der Waals surface area (Å²) in [4.78, 5) is 37.9. The smallest absolute Gasteiger partial charge is 0.306 e. The van der Waals surface area contributed by atoms with Crippen LogP contribution in [0.4, 0.5) is 0 Å². The molecule has 0 aliphatic heterocycles. The first-order valence-electron chi connectivity index (χ1n) is 25.7. The van der Waals surface area contributed by atoms with Gasteiger partial charge in [0.05, 0.1) is 0 Å². The van der Waals surface area contributed by atoms with Crippen LogP contribution in [0.15, 0.2) is 134 Å². The largest absolute Gasteiger partial charge is 0.462 e. The first-order chi connectivity index (χ1) is 32.0. The molecule has 1 unspecified atom stereocenters. The van der Waals surface area contributed by atoms with E-state index in [2.05, 4.69) is 130 Å². The lowest BCUT2D eigenvalue weighted by molar-refractivity contribution is -0.166. The van der Waals surface area contributed by atoms with Crippen LogP contribution >= 0.6 is 0 Å². The molecule has 0 aliphatic rings. The van der Waals surface area contributed by atoms with E-state index >= 15 is 0 Å². The average molecular weight is 897 g/mol. The molecule has 6 nitrogen and oxygen atoms in total. The Morgan fingerprint density at radius 1 is 0.323 bits per heavy atom. The zero-order valence-corrected chi connectivity index (χ0v) is 41.4. The summed E-state index contributed by atoms with van der Waals surface area (Å²) in [7, 11) is 0. The lowest BCUT2D eigenvalue weighted by Gasteiger charge is -2.18. The van der Waals surface area contributed by atoms with Crippen molar-refractivity contribution in [2.45, 2.75) is 207 Å². The Labute approximate surface area is 398 Å². The summed E-state index contributed by atoms with van der Waals surface area (Å²) in [5.74, 6) is -1.12. The van der Waals surface area contributed by atoms with E-state index in [1.165, 1.54) is 51.4 Å². The van der Waals surface area contributed by atoms with Gasteiger partial charge in [0.2, 0.25) is 0 Å². The van der Waals surface area contributed by atoms with Gasteiger partial charge in [-0.2, -0.15) is 0 Å². The van der Waals surface area contributed by atoms with E-state index in [0.29, 0.717) is 12.8 Å². The third kappa shape index (κ3) is 50.4. The number of hydrogen-bond acceptors (Lipinski definition) is 6. The van der Waals surface area contributed by atoms with Crippen molar-refractivity contribution in [1.82, 2.24) is 0 Å². The van der Waals surface area contributed by atoms with Crippen LogP contribution in [0, 0.1) is 0 Å². The maximum atomic E-state index is 12.8. The number of carbonyl (C=O) groups is 3. The van der Waals surface area contributed by atoms with E-state index in [0.717, 1.165) is 96.3 Å². The molecule has 0 amide bonds. The molecular weight excluding hydrogens is 805 g/mol. The quantitative estimate of drug-likeness (QED) is 0.0262.